The molecule has 1 amide bonds. The fraction of sp³-hybridized carbons (Fsp3) is 0.0455. The van der Waals surface area contributed by atoms with Crippen LogP contribution in [0.15, 0.2) is 63.3 Å². The fourth-order valence-corrected chi connectivity index (χ4v) is 5.33. The first-order valence-electron chi connectivity index (χ1n) is 9.04. The van der Waals surface area contributed by atoms with Gasteiger partial charge in [-0.15, -0.1) is 11.3 Å². The zero-order valence-electron chi connectivity index (χ0n) is 16.3. The van der Waals surface area contributed by atoms with E-state index in [0.29, 0.717) is 35.6 Å². The minimum Gasteiger partial charge on any atom is -0.493 e. The third-order valence-electron chi connectivity index (χ3n) is 4.35. The summed E-state index contributed by atoms with van der Waals surface area (Å²) in [5, 5.41) is 1.79. The van der Waals surface area contributed by atoms with Crippen LogP contribution in [0.3, 0.4) is 0 Å². The Labute approximate surface area is 205 Å². The number of ether oxygens (including phenoxy) is 2. The van der Waals surface area contributed by atoms with Crippen molar-refractivity contribution in [1.82, 2.24) is 0 Å². The molecule has 5 nitrogen and oxygen atoms in total. The number of thiophene rings is 1. The van der Waals surface area contributed by atoms with E-state index >= 15 is 0 Å². The molecule has 1 fully saturated rings. The summed E-state index contributed by atoms with van der Waals surface area (Å²) in [6, 6.07) is 12.4. The van der Waals surface area contributed by atoms with Crippen molar-refractivity contribution in [2.24, 2.45) is 0 Å². The maximum Gasteiger partial charge on any atom is 0.353 e. The number of thiocarbonyl (C=S) groups is 1. The molecule has 2 aromatic carbocycles. The number of nitrogens with zero attached hydrogens (tertiary/aromatic N) is 1. The molecule has 32 heavy (non-hydrogen) atoms. The highest BCUT2D eigenvalue weighted by Crippen LogP contribution is 2.40. The predicted octanol–water partition coefficient (Wildman–Crippen LogP) is 6.28. The van der Waals surface area contributed by atoms with Crippen LogP contribution in [-0.2, 0) is 4.79 Å². The van der Waals surface area contributed by atoms with Crippen molar-refractivity contribution in [3.8, 4) is 11.5 Å². The zero-order valence-corrected chi connectivity index (χ0v) is 20.4. The van der Waals surface area contributed by atoms with E-state index in [9.17, 15) is 14.0 Å². The van der Waals surface area contributed by atoms with E-state index in [-0.39, 0.29) is 11.7 Å². The molecule has 1 saturated heterocycles. The van der Waals surface area contributed by atoms with Crippen LogP contribution in [0.2, 0.25) is 0 Å². The molecule has 10 heteroatoms. The van der Waals surface area contributed by atoms with Gasteiger partial charge in [0.25, 0.3) is 5.91 Å². The Kier molecular flexibility index (Phi) is 6.75. The number of amides is 1. The van der Waals surface area contributed by atoms with Gasteiger partial charge in [-0.3, -0.25) is 9.69 Å². The highest BCUT2D eigenvalue weighted by Gasteiger charge is 2.33. The summed E-state index contributed by atoms with van der Waals surface area (Å²) in [5.74, 6) is -0.639. The minimum absolute atomic E-state index is 0.238. The molecule has 2 heterocycles. The molecule has 0 atom stereocenters. The number of benzene rings is 2. The molecule has 1 aromatic heterocycles. The van der Waals surface area contributed by atoms with Crippen LogP contribution in [-0.4, -0.2) is 23.3 Å². The van der Waals surface area contributed by atoms with E-state index < -0.39 is 11.8 Å². The van der Waals surface area contributed by atoms with Gasteiger partial charge in [0, 0.05) is 0 Å². The van der Waals surface area contributed by atoms with Gasteiger partial charge in [-0.1, -0.05) is 30.0 Å². The summed E-state index contributed by atoms with van der Waals surface area (Å²) in [6.07, 6.45) is 1.67. The average Bonchev–Trinajstić information content (AvgIpc) is 3.39. The zero-order chi connectivity index (χ0) is 22.8. The predicted molar refractivity (Wildman–Crippen MR) is 132 cm³/mol. The Balaban J connectivity index is 1.62. The van der Waals surface area contributed by atoms with Crippen molar-refractivity contribution >= 4 is 79.2 Å². The van der Waals surface area contributed by atoms with E-state index in [2.05, 4.69) is 15.9 Å². The first kappa shape index (κ1) is 22.7. The molecule has 0 saturated carbocycles. The number of esters is 1. The first-order valence-corrected chi connectivity index (χ1v) is 11.9. The van der Waals surface area contributed by atoms with Crippen LogP contribution in [0, 0.1) is 5.82 Å². The Morgan fingerprint density at radius 1 is 1.22 bits per heavy atom. The molecule has 0 N–H and O–H groups in total. The molecular formula is C22H13BrFNO4S3. The summed E-state index contributed by atoms with van der Waals surface area (Å²) < 4.78 is 25.0. The van der Waals surface area contributed by atoms with Gasteiger partial charge in [0.1, 0.15) is 10.7 Å². The number of anilines is 1. The van der Waals surface area contributed by atoms with Gasteiger partial charge in [-0.05, 0) is 75.4 Å². The molecule has 4 rings (SSSR count). The van der Waals surface area contributed by atoms with Gasteiger partial charge >= 0.3 is 5.97 Å². The van der Waals surface area contributed by atoms with Gasteiger partial charge in [0.2, 0.25) is 0 Å². The number of hydrogen-bond donors (Lipinski definition) is 0. The van der Waals surface area contributed by atoms with Gasteiger partial charge in [-0.25, -0.2) is 9.18 Å². The normalized spacial score (nSPS) is 14.8. The summed E-state index contributed by atoms with van der Waals surface area (Å²) in [6.45, 7) is 0. The number of carbonyl (C=O) groups excluding carboxylic acids is 2. The molecule has 3 aromatic rings. The fourth-order valence-electron chi connectivity index (χ4n) is 2.89. The van der Waals surface area contributed by atoms with Crippen LogP contribution < -0.4 is 14.4 Å². The second-order valence-electron chi connectivity index (χ2n) is 6.39. The van der Waals surface area contributed by atoms with E-state index in [4.69, 9.17) is 21.7 Å². The number of rotatable bonds is 5. The summed E-state index contributed by atoms with van der Waals surface area (Å²) >= 11 is 11.2. The Bertz CT molecular complexity index is 1240. The second kappa shape index (κ2) is 9.53. The smallest absolute Gasteiger partial charge is 0.353 e. The molecule has 0 aliphatic carbocycles. The van der Waals surface area contributed by atoms with Crippen molar-refractivity contribution in [1.29, 1.82) is 0 Å². The molecule has 0 spiro atoms. The number of methoxy groups -OCH3 is 1. The quantitative estimate of drug-likeness (QED) is 0.161. The van der Waals surface area contributed by atoms with Crippen molar-refractivity contribution < 1.29 is 23.5 Å². The SMILES string of the molecule is COc1cc(/C=C2/SC(=S)N(c3ccc(F)cc3)C2=O)cc(Br)c1OC(=O)c1cccs1. The van der Waals surface area contributed by atoms with Crippen LogP contribution >= 0.6 is 51.2 Å². The largest absolute Gasteiger partial charge is 0.493 e. The van der Waals surface area contributed by atoms with Gasteiger partial charge in [-0.2, -0.15) is 0 Å². The van der Waals surface area contributed by atoms with E-state index in [1.54, 1.807) is 35.7 Å². The van der Waals surface area contributed by atoms with E-state index in [0.717, 1.165) is 11.8 Å². The highest BCUT2D eigenvalue weighted by atomic mass is 79.9. The van der Waals surface area contributed by atoms with Crippen LogP contribution in [0.5, 0.6) is 11.5 Å². The number of thioether (sulfide) groups is 1. The molecule has 1 aliphatic rings. The van der Waals surface area contributed by atoms with E-state index in [1.807, 2.05) is 0 Å². The molecule has 0 bridgehead atoms. The van der Waals surface area contributed by atoms with E-state index in [1.165, 1.54) is 47.6 Å². The molecule has 162 valence electrons. The van der Waals surface area contributed by atoms with Crippen LogP contribution in [0.1, 0.15) is 15.2 Å². The molecular weight excluding hydrogens is 537 g/mol. The highest BCUT2D eigenvalue weighted by molar-refractivity contribution is 9.10. The second-order valence-corrected chi connectivity index (χ2v) is 9.87. The number of hydrogen-bond acceptors (Lipinski definition) is 7. The Hall–Kier alpha value is -2.53. The van der Waals surface area contributed by atoms with Crippen molar-refractivity contribution in [3.63, 3.8) is 0 Å². The summed E-state index contributed by atoms with van der Waals surface area (Å²) in [4.78, 5) is 27.5. The van der Waals surface area contributed by atoms with Crippen LogP contribution in [0.25, 0.3) is 6.08 Å². The maximum absolute atomic E-state index is 13.2. The molecule has 1 aliphatic heterocycles. The third-order valence-corrected chi connectivity index (χ3v) is 7.09. The Morgan fingerprint density at radius 3 is 2.62 bits per heavy atom. The number of halogens is 2. The maximum atomic E-state index is 13.2. The average molecular weight is 550 g/mol. The lowest BCUT2D eigenvalue weighted by Crippen LogP contribution is -2.27. The number of carbonyl (C=O) groups is 2. The standard InChI is InChI=1S/C22H13BrFNO4S3/c1-28-16-10-12(9-15(23)19(16)29-21(27)17-3-2-8-31-17)11-18-20(26)25(22(30)32-18)14-6-4-13(24)5-7-14/h2-11H,1H3/b18-11+. The lowest BCUT2D eigenvalue weighted by atomic mass is 10.1. The van der Waals surface area contributed by atoms with Crippen molar-refractivity contribution in [2.45, 2.75) is 0 Å². The topological polar surface area (TPSA) is 55.8 Å². The Morgan fingerprint density at radius 2 is 1.97 bits per heavy atom. The third kappa shape index (κ3) is 4.63. The lowest BCUT2D eigenvalue weighted by Gasteiger charge is -2.14. The van der Waals surface area contributed by atoms with Gasteiger partial charge in [0.15, 0.2) is 15.8 Å². The summed E-state index contributed by atoms with van der Waals surface area (Å²) in [7, 11) is 1.46. The summed E-state index contributed by atoms with van der Waals surface area (Å²) in [5.41, 5.74) is 1.14. The van der Waals surface area contributed by atoms with Crippen LogP contribution in [0.4, 0.5) is 10.1 Å². The lowest BCUT2D eigenvalue weighted by molar-refractivity contribution is -0.113. The molecule has 0 radical (unpaired) electrons. The molecule has 0 unspecified atom stereocenters. The monoisotopic (exact) mass is 549 g/mol. The minimum atomic E-state index is -0.494. The van der Waals surface area contributed by atoms with Gasteiger partial charge < -0.3 is 9.47 Å². The van der Waals surface area contributed by atoms with Crippen molar-refractivity contribution in [3.05, 3.63) is 79.5 Å². The van der Waals surface area contributed by atoms with Crippen molar-refractivity contribution in [2.75, 3.05) is 12.0 Å². The first-order chi connectivity index (χ1) is 15.4. The van der Waals surface area contributed by atoms with Gasteiger partial charge in [0.05, 0.1) is 22.2 Å².